The number of benzene rings is 1. The van der Waals surface area contributed by atoms with Crippen molar-refractivity contribution in [2.75, 3.05) is 0 Å². The third-order valence-electron chi connectivity index (χ3n) is 2.51. The molecule has 0 fully saturated rings. The van der Waals surface area contributed by atoms with E-state index in [-0.39, 0.29) is 11.9 Å². The van der Waals surface area contributed by atoms with Crippen molar-refractivity contribution in [3.63, 3.8) is 0 Å². The summed E-state index contributed by atoms with van der Waals surface area (Å²) in [6.45, 7) is 4.15. The molecule has 0 radical (unpaired) electrons. The average Bonchev–Trinajstić information content (AvgIpc) is 2.29. The molecule has 0 aliphatic heterocycles. The second-order valence-corrected chi connectivity index (χ2v) is 4.57. The van der Waals surface area contributed by atoms with Crippen LogP contribution in [0.2, 0.25) is 0 Å². The van der Waals surface area contributed by atoms with Crippen LogP contribution in [0, 0.1) is 5.92 Å². The summed E-state index contributed by atoms with van der Waals surface area (Å²) in [4.78, 5) is 22.4. The summed E-state index contributed by atoms with van der Waals surface area (Å²) in [6, 6.07) is 8.98. The van der Waals surface area contributed by atoms with Crippen molar-refractivity contribution in [1.29, 1.82) is 0 Å². The lowest BCUT2D eigenvalue weighted by Crippen LogP contribution is -2.36. The molecule has 1 aromatic rings. The molecule has 1 atom stereocenters. The van der Waals surface area contributed by atoms with Crippen LogP contribution in [0.1, 0.15) is 37.0 Å². The van der Waals surface area contributed by atoms with Gasteiger partial charge in [0.1, 0.15) is 6.29 Å². The number of carbonyl (C=O) groups excluding carboxylic acids is 2. The Labute approximate surface area is 102 Å². The first-order chi connectivity index (χ1) is 8.13. The highest BCUT2D eigenvalue weighted by molar-refractivity contribution is 5.94. The van der Waals surface area contributed by atoms with Crippen molar-refractivity contribution >= 4 is 12.2 Å². The van der Waals surface area contributed by atoms with Gasteiger partial charge in [0.15, 0.2) is 0 Å². The molecule has 3 nitrogen and oxygen atoms in total. The van der Waals surface area contributed by atoms with E-state index in [1.807, 2.05) is 18.2 Å². The third kappa shape index (κ3) is 4.81. The van der Waals surface area contributed by atoms with Crippen LogP contribution < -0.4 is 5.32 Å². The first-order valence-corrected chi connectivity index (χ1v) is 5.93. The Bertz CT molecular complexity index is 360. The molecule has 0 saturated heterocycles. The Hall–Kier alpha value is -1.64. The lowest BCUT2D eigenvalue weighted by molar-refractivity contribution is -0.108. The van der Waals surface area contributed by atoms with Crippen LogP contribution in [0.3, 0.4) is 0 Å². The maximum absolute atomic E-state index is 11.9. The molecule has 17 heavy (non-hydrogen) atoms. The van der Waals surface area contributed by atoms with E-state index in [1.54, 1.807) is 12.1 Å². The molecule has 1 aromatic carbocycles. The fraction of sp³-hybridized carbons (Fsp3) is 0.429. The Morgan fingerprint density at radius 1 is 1.29 bits per heavy atom. The normalized spacial score (nSPS) is 12.2. The van der Waals surface area contributed by atoms with Gasteiger partial charge in [-0.1, -0.05) is 32.0 Å². The zero-order valence-corrected chi connectivity index (χ0v) is 10.3. The van der Waals surface area contributed by atoms with Crippen molar-refractivity contribution in [3.05, 3.63) is 35.9 Å². The summed E-state index contributed by atoms with van der Waals surface area (Å²) in [5.74, 6) is 0.342. The van der Waals surface area contributed by atoms with E-state index in [4.69, 9.17) is 0 Å². The van der Waals surface area contributed by atoms with Gasteiger partial charge in [-0.05, 0) is 24.5 Å². The van der Waals surface area contributed by atoms with E-state index in [9.17, 15) is 9.59 Å². The van der Waals surface area contributed by atoms with Gasteiger partial charge in [-0.15, -0.1) is 0 Å². The van der Waals surface area contributed by atoms with Crippen LogP contribution in [0.15, 0.2) is 30.3 Å². The lowest BCUT2D eigenvalue weighted by atomic mass is 10.0. The Morgan fingerprint density at radius 3 is 2.47 bits per heavy atom. The molecular weight excluding hydrogens is 214 g/mol. The molecule has 0 aromatic heterocycles. The number of rotatable bonds is 6. The number of hydrogen-bond acceptors (Lipinski definition) is 2. The minimum absolute atomic E-state index is 0.0693. The highest BCUT2D eigenvalue weighted by atomic mass is 16.1. The zero-order chi connectivity index (χ0) is 12.7. The molecule has 92 valence electrons. The summed E-state index contributed by atoms with van der Waals surface area (Å²) in [5.41, 5.74) is 0.632. The molecule has 1 N–H and O–H groups in total. The average molecular weight is 233 g/mol. The van der Waals surface area contributed by atoms with E-state index in [1.165, 1.54) is 0 Å². The summed E-state index contributed by atoms with van der Waals surface area (Å²) < 4.78 is 0. The van der Waals surface area contributed by atoms with Gasteiger partial charge in [-0.25, -0.2) is 0 Å². The first kappa shape index (κ1) is 13.4. The van der Waals surface area contributed by atoms with Crippen LogP contribution in [0.25, 0.3) is 0 Å². The monoisotopic (exact) mass is 233 g/mol. The molecule has 0 aliphatic carbocycles. The van der Waals surface area contributed by atoms with E-state index in [0.717, 1.165) is 12.7 Å². The number of aldehydes is 1. The SMILES string of the molecule is CC(C)C[C@@H](CC=O)NC(=O)c1ccccc1. The van der Waals surface area contributed by atoms with Gasteiger partial charge in [-0.2, -0.15) is 0 Å². The van der Waals surface area contributed by atoms with Gasteiger partial charge < -0.3 is 10.1 Å². The number of carbonyl (C=O) groups is 2. The van der Waals surface area contributed by atoms with Crippen LogP contribution in [0.5, 0.6) is 0 Å². The molecule has 0 spiro atoms. The summed E-state index contributed by atoms with van der Waals surface area (Å²) in [7, 11) is 0. The minimum Gasteiger partial charge on any atom is -0.349 e. The van der Waals surface area contributed by atoms with Gasteiger partial charge in [-0.3, -0.25) is 4.79 Å². The number of hydrogen-bond donors (Lipinski definition) is 1. The van der Waals surface area contributed by atoms with Gasteiger partial charge in [0.05, 0.1) is 0 Å². The summed E-state index contributed by atoms with van der Waals surface area (Å²) in [6.07, 6.45) is 2.05. The molecule has 0 aliphatic rings. The largest absolute Gasteiger partial charge is 0.349 e. The Kier molecular flexibility index (Phi) is 5.40. The van der Waals surface area contributed by atoms with Crippen LogP contribution in [-0.2, 0) is 4.79 Å². The first-order valence-electron chi connectivity index (χ1n) is 5.93. The van der Waals surface area contributed by atoms with Gasteiger partial charge in [0.25, 0.3) is 5.91 Å². The maximum atomic E-state index is 11.9. The van der Waals surface area contributed by atoms with Crippen LogP contribution in [-0.4, -0.2) is 18.2 Å². The van der Waals surface area contributed by atoms with Gasteiger partial charge in [0.2, 0.25) is 0 Å². The smallest absolute Gasteiger partial charge is 0.251 e. The van der Waals surface area contributed by atoms with Crippen LogP contribution in [0.4, 0.5) is 0 Å². The van der Waals surface area contributed by atoms with Gasteiger partial charge >= 0.3 is 0 Å². The van der Waals surface area contributed by atoms with Crippen LogP contribution >= 0.6 is 0 Å². The van der Waals surface area contributed by atoms with Crippen molar-refractivity contribution in [2.45, 2.75) is 32.7 Å². The molecule has 0 bridgehead atoms. The topological polar surface area (TPSA) is 46.2 Å². The number of amides is 1. The van der Waals surface area contributed by atoms with Crippen molar-refractivity contribution in [1.82, 2.24) is 5.32 Å². The van der Waals surface area contributed by atoms with E-state index < -0.39 is 0 Å². The molecule has 0 saturated carbocycles. The number of nitrogens with one attached hydrogen (secondary N) is 1. The molecule has 3 heteroatoms. The summed E-state index contributed by atoms with van der Waals surface area (Å²) in [5, 5.41) is 2.90. The van der Waals surface area contributed by atoms with Crippen molar-refractivity contribution in [2.24, 2.45) is 5.92 Å². The van der Waals surface area contributed by atoms with Crippen molar-refractivity contribution in [3.8, 4) is 0 Å². The lowest BCUT2D eigenvalue weighted by Gasteiger charge is -2.18. The highest BCUT2D eigenvalue weighted by Gasteiger charge is 2.14. The molecule has 1 amide bonds. The molecule has 1 rings (SSSR count). The van der Waals surface area contributed by atoms with Gasteiger partial charge in [0, 0.05) is 18.0 Å². The fourth-order valence-corrected chi connectivity index (χ4v) is 1.76. The fourth-order valence-electron chi connectivity index (χ4n) is 1.76. The maximum Gasteiger partial charge on any atom is 0.251 e. The quantitative estimate of drug-likeness (QED) is 0.767. The Balaban J connectivity index is 2.60. The van der Waals surface area contributed by atoms with E-state index >= 15 is 0 Å². The second kappa shape index (κ2) is 6.84. The Morgan fingerprint density at radius 2 is 1.94 bits per heavy atom. The van der Waals surface area contributed by atoms with Crippen molar-refractivity contribution < 1.29 is 9.59 Å². The predicted molar refractivity (Wildman–Crippen MR) is 67.8 cm³/mol. The molecule has 0 unspecified atom stereocenters. The molecule has 0 heterocycles. The zero-order valence-electron chi connectivity index (χ0n) is 10.3. The highest BCUT2D eigenvalue weighted by Crippen LogP contribution is 2.08. The predicted octanol–water partition coefficient (Wildman–Crippen LogP) is 2.42. The summed E-state index contributed by atoms with van der Waals surface area (Å²) >= 11 is 0. The van der Waals surface area contributed by atoms with E-state index in [2.05, 4.69) is 19.2 Å². The second-order valence-electron chi connectivity index (χ2n) is 4.57. The third-order valence-corrected chi connectivity index (χ3v) is 2.51. The minimum atomic E-state index is -0.113. The standard InChI is InChI=1S/C14H19NO2/c1-11(2)10-13(8-9-16)15-14(17)12-6-4-3-5-7-12/h3-7,9,11,13H,8,10H2,1-2H3,(H,15,17)/t13-/m1/s1. The molecular formula is C14H19NO2. The van der Waals surface area contributed by atoms with E-state index in [0.29, 0.717) is 17.9 Å².